The summed E-state index contributed by atoms with van der Waals surface area (Å²) in [5.41, 5.74) is 2.96. The standard InChI is InChI=1S/C18H27NOS/c1-20-15-8-6-14-7-9-17(16(14)12-15)19-13-18(21-2)10-4-3-5-11-18/h6,8,12,17,19H,3-5,7,9-11,13H2,1-2H3. The first-order chi connectivity index (χ1) is 10.3. The van der Waals surface area contributed by atoms with Gasteiger partial charge in [0, 0.05) is 17.3 Å². The third-order valence-corrected chi connectivity index (χ3v) is 6.72. The maximum Gasteiger partial charge on any atom is 0.119 e. The Morgan fingerprint density at radius 2 is 2.10 bits per heavy atom. The minimum absolute atomic E-state index is 0.472. The van der Waals surface area contributed by atoms with Gasteiger partial charge in [-0.1, -0.05) is 25.3 Å². The highest BCUT2D eigenvalue weighted by molar-refractivity contribution is 8.00. The van der Waals surface area contributed by atoms with E-state index in [9.17, 15) is 0 Å². The van der Waals surface area contributed by atoms with Gasteiger partial charge in [0.2, 0.25) is 0 Å². The monoisotopic (exact) mass is 305 g/mol. The molecular formula is C18H27NOS. The van der Waals surface area contributed by atoms with Crippen molar-refractivity contribution < 1.29 is 4.74 Å². The van der Waals surface area contributed by atoms with E-state index in [1.165, 1.54) is 56.1 Å². The van der Waals surface area contributed by atoms with Gasteiger partial charge in [-0.2, -0.15) is 11.8 Å². The summed E-state index contributed by atoms with van der Waals surface area (Å²) in [5, 5.41) is 3.87. The van der Waals surface area contributed by atoms with Crippen LogP contribution in [0.1, 0.15) is 55.7 Å². The van der Waals surface area contributed by atoms with Gasteiger partial charge in [-0.05, 0) is 55.2 Å². The molecule has 1 N–H and O–H groups in total. The average molecular weight is 305 g/mol. The van der Waals surface area contributed by atoms with Crippen molar-refractivity contribution in [1.82, 2.24) is 5.32 Å². The smallest absolute Gasteiger partial charge is 0.119 e. The van der Waals surface area contributed by atoms with Crippen LogP contribution in [0.5, 0.6) is 5.75 Å². The molecule has 2 nitrogen and oxygen atoms in total. The van der Waals surface area contributed by atoms with Crippen molar-refractivity contribution in [2.24, 2.45) is 0 Å². The molecule has 2 aliphatic carbocycles. The van der Waals surface area contributed by atoms with Crippen molar-refractivity contribution in [2.45, 2.75) is 55.7 Å². The molecule has 1 atom stereocenters. The summed E-state index contributed by atoms with van der Waals surface area (Å²) in [7, 11) is 1.75. The largest absolute Gasteiger partial charge is 0.497 e. The number of fused-ring (bicyclic) bond motifs is 1. The van der Waals surface area contributed by atoms with Crippen molar-refractivity contribution in [3.8, 4) is 5.75 Å². The summed E-state index contributed by atoms with van der Waals surface area (Å²) in [6, 6.07) is 7.07. The van der Waals surface area contributed by atoms with E-state index in [-0.39, 0.29) is 0 Å². The Balaban J connectivity index is 1.67. The molecule has 21 heavy (non-hydrogen) atoms. The maximum atomic E-state index is 5.39. The van der Waals surface area contributed by atoms with Crippen LogP contribution in [-0.4, -0.2) is 24.7 Å². The van der Waals surface area contributed by atoms with Gasteiger partial charge in [0.25, 0.3) is 0 Å². The number of rotatable bonds is 5. The molecule has 0 bridgehead atoms. The van der Waals surface area contributed by atoms with Gasteiger partial charge in [0.05, 0.1) is 7.11 Å². The minimum atomic E-state index is 0.472. The molecule has 0 spiro atoms. The van der Waals surface area contributed by atoms with Crippen molar-refractivity contribution in [2.75, 3.05) is 19.9 Å². The van der Waals surface area contributed by atoms with E-state index >= 15 is 0 Å². The molecule has 0 amide bonds. The Bertz CT molecular complexity index is 482. The third kappa shape index (κ3) is 3.24. The lowest BCUT2D eigenvalue weighted by molar-refractivity contribution is 0.361. The molecular weight excluding hydrogens is 278 g/mol. The predicted molar refractivity (Wildman–Crippen MR) is 91.4 cm³/mol. The fraction of sp³-hybridized carbons (Fsp3) is 0.667. The van der Waals surface area contributed by atoms with E-state index < -0.39 is 0 Å². The lowest BCUT2D eigenvalue weighted by Gasteiger charge is -2.37. The number of nitrogens with one attached hydrogen (secondary N) is 1. The topological polar surface area (TPSA) is 21.3 Å². The summed E-state index contributed by atoms with van der Waals surface area (Å²) in [6.45, 7) is 1.15. The molecule has 3 rings (SSSR count). The van der Waals surface area contributed by atoms with E-state index in [4.69, 9.17) is 4.74 Å². The first-order valence-corrected chi connectivity index (χ1v) is 9.44. The zero-order valence-corrected chi connectivity index (χ0v) is 14.1. The fourth-order valence-electron chi connectivity index (χ4n) is 3.88. The average Bonchev–Trinajstić information content (AvgIpc) is 2.96. The Kier molecular flexibility index (Phi) is 4.80. The van der Waals surface area contributed by atoms with Crippen LogP contribution in [0, 0.1) is 0 Å². The van der Waals surface area contributed by atoms with Crippen LogP contribution >= 0.6 is 11.8 Å². The molecule has 1 aromatic carbocycles. The van der Waals surface area contributed by atoms with Crippen LogP contribution in [-0.2, 0) is 6.42 Å². The molecule has 0 aromatic heterocycles. The van der Waals surface area contributed by atoms with Crippen LogP contribution in [0.15, 0.2) is 18.2 Å². The molecule has 1 aromatic rings. The van der Waals surface area contributed by atoms with Crippen LogP contribution in [0.2, 0.25) is 0 Å². The van der Waals surface area contributed by atoms with Gasteiger partial charge < -0.3 is 10.1 Å². The second kappa shape index (κ2) is 6.62. The molecule has 1 saturated carbocycles. The van der Waals surface area contributed by atoms with Gasteiger partial charge in [-0.3, -0.25) is 0 Å². The first kappa shape index (κ1) is 15.2. The number of ether oxygens (including phenoxy) is 1. The van der Waals surface area contributed by atoms with E-state index in [1.54, 1.807) is 7.11 Å². The Morgan fingerprint density at radius 1 is 1.29 bits per heavy atom. The zero-order valence-electron chi connectivity index (χ0n) is 13.3. The van der Waals surface area contributed by atoms with Gasteiger partial charge >= 0.3 is 0 Å². The molecule has 0 radical (unpaired) electrons. The molecule has 3 heteroatoms. The maximum absolute atomic E-state index is 5.39. The van der Waals surface area contributed by atoms with Gasteiger partial charge in [0.15, 0.2) is 0 Å². The predicted octanol–water partition coefficient (Wildman–Crippen LogP) is 4.34. The summed E-state index contributed by atoms with van der Waals surface area (Å²) in [5.74, 6) is 0.986. The number of methoxy groups -OCH3 is 1. The highest BCUT2D eigenvalue weighted by Crippen LogP contribution is 2.40. The molecule has 0 heterocycles. The zero-order chi connectivity index (χ0) is 14.7. The number of aryl methyl sites for hydroxylation is 1. The number of thioether (sulfide) groups is 1. The number of hydrogen-bond acceptors (Lipinski definition) is 3. The molecule has 1 fully saturated rings. The van der Waals surface area contributed by atoms with Crippen LogP contribution in [0.3, 0.4) is 0 Å². The van der Waals surface area contributed by atoms with Crippen LogP contribution < -0.4 is 10.1 Å². The second-order valence-electron chi connectivity index (χ2n) is 6.48. The third-order valence-electron chi connectivity index (χ3n) is 5.30. The van der Waals surface area contributed by atoms with Gasteiger partial charge in [-0.25, -0.2) is 0 Å². The Morgan fingerprint density at radius 3 is 2.81 bits per heavy atom. The number of benzene rings is 1. The molecule has 2 aliphatic rings. The molecule has 0 aliphatic heterocycles. The fourth-order valence-corrected chi connectivity index (χ4v) is 4.80. The highest BCUT2D eigenvalue weighted by atomic mass is 32.2. The minimum Gasteiger partial charge on any atom is -0.497 e. The van der Waals surface area contributed by atoms with E-state index in [2.05, 4.69) is 41.5 Å². The lowest BCUT2D eigenvalue weighted by Crippen LogP contribution is -2.40. The van der Waals surface area contributed by atoms with Crippen molar-refractivity contribution in [3.05, 3.63) is 29.3 Å². The SMILES string of the molecule is COc1ccc2c(c1)C(NCC1(SC)CCCCC1)CC2. The molecule has 0 saturated heterocycles. The Labute approximate surface area is 133 Å². The van der Waals surface area contributed by atoms with Crippen LogP contribution in [0.4, 0.5) is 0 Å². The second-order valence-corrected chi connectivity index (χ2v) is 7.76. The Hall–Kier alpha value is -0.670. The summed E-state index contributed by atoms with van der Waals surface area (Å²) >= 11 is 2.08. The van der Waals surface area contributed by atoms with Crippen molar-refractivity contribution >= 4 is 11.8 Å². The van der Waals surface area contributed by atoms with Crippen LogP contribution in [0.25, 0.3) is 0 Å². The molecule has 1 unspecified atom stereocenters. The summed E-state index contributed by atoms with van der Waals surface area (Å²) in [4.78, 5) is 0. The first-order valence-electron chi connectivity index (χ1n) is 8.22. The summed E-state index contributed by atoms with van der Waals surface area (Å²) in [6.07, 6.45) is 11.7. The quantitative estimate of drug-likeness (QED) is 0.874. The summed E-state index contributed by atoms with van der Waals surface area (Å²) < 4.78 is 5.86. The van der Waals surface area contributed by atoms with Gasteiger partial charge in [-0.15, -0.1) is 0 Å². The van der Waals surface area contributed by atoms with E-state index in [1.807, 2.05) is 0 Å². The number of hydrogen-bond donors (Lipinski definition) is 1. The van der Waals surface area contributed by atoms with Crippen molar-refractivity contribution in [3.63, 3.8) is 0 Å². The van der Waals surface area contributed by atoms with Crippen molar-refractivity contribution in [1.29, 1.82) is 0 Å². The lowest BCUT2D eigenvalue weighted by atomic mass is 9.88. The van der Waals surface area contributed by atoms with E-state index in [0.29, 0.717) is 10.8 Å². The molecule has 116 valence electrons. The van der Waals surface area contributed by atoms with E-state index in [0.717, 1.165) is 12.3 Å². The highest BCUT2D eigenvalue weighted by Gasteiger charge is 2.32. The normalized spacial score (nSPS) is 23.8. The van der Waals surface area contributed by atoms with Gasteiger partial charge in [0.1, 0.15) is 5.75 Å².